The molecule has 1 fully saturated rings. The molecule has 0 saturated carbocycles. The molecule has 4 heteroatoms. The van der Waals surface area contributed by atoms with E-state index in [0.29, 0.717) is 5.92 Å². The van der Waals surface area contributed by atoms with E-state index in [2.05, 4.69) is 42.4 Å². The highest BCUT2D eigenvalue weighted by atomic mass is 32.1. The second kappa shape index (κ2) is 6.55. The predicted molar refractivity (Wildman–Crippen MR) is 76.3 cm³/mol. The standard InChI is InChI=1S/C14H22N2OS/c1-3-16(4-2)9-13-12(5-6-14(18)15-13)11-7-8-17-10-11/h5-6,11H,3-4,7-10H2,1-2H3,(H,15,18)/t11-/m0/s1. The van der Waals surface area contributed by atoms with Crippen molar-refractivity contribution < 1.29 is 4.74 Å². The molecule has 1 aromatic heterocycles. The molecule has 1 aliphatic heterocycles. The van der Waals surface area contributed by atoms with Gasteiger partial charge in [0.25, 0.3) is 0 Å². The molecular weight excluding hydrogens is 244 g/mol. The van der Waals surface area contributed by atoms with Crippen molar-refractivity contribution in [2.24, 2.45) is 0 Å². The molecule has 0 N–H and O–H groups in total. The van der Waals surface area contributed by atoms with Crippen LogP contribution in [0.4, 0.5) is 0 Å². The van der Waals surface area contributed by atoms with Crippen LogP contribution in [0.25, 0.3) is 0 Å². The Morgan fingerprint density at radius 2 is 2.17 bits per heavy atom. The summed E-state index contributed by atoms with van der Waals surface area (Å²) in [4.78, 5) is 7.00. The van der Waals surface area contributed by atoms with Crippen molar-refractivity contribution in [2.75, 3.05) is 26.3 Å². The van der Waals surface area contributed by atoms with E-state index in [9.17, 15) is 0 Å². The van der Waals surface area contributed by atoms with Crippen molar-refractivity contribution >= 4 is 12.6 Å². The van der Waals surface area contributed by atoms with E-state index in [1.54, 1.807) is 0 Å². The molecule has 0 spiro atoms. The van der Waals surface area contributed by atoms with Crippen LogP contribution >= 0.6 is 12.6 Å². The van der Waals surface area contributed by atoms with Crippen LogP contribution < -0.4 is 0 Å². The Kier molecular flexibility index (Phi) is 5.03. The minimum absolute atomic E-state index is 0.511. The molecule has 0 unspecified atom stereocenters. The average Bonchev–Trinajstić information content (AvgIpc) is 2.89. The van der Waals surface area contributed by atoms with Crippen molar-refractivity contribution in [3.8, 4) is 0 Å². The first-order chi connectivity index (χ1) is 8.74. The fourth-order valence-electron chi connectivity index (χ4n) is 2.44. The van der Waals surface area contributed by atoms with E-state index >= 15 is 0 Å². The summed E-state index contributed by atoms with van der Waals surface area (Å²) in [6.45, 7) is 9.09. The summed E-state index contributed by atoms with van der Waals surface area (Å²) >= 11 is 4.36. The molecule has 3 nitrogen and oxygen atoms in total. The van der Waals surface area contributed by atoms with E-state index < -0.39 is 0 Å². The molecule has 1 aliphatic rings. The molecule has 100 valence electrons. The molecule has 0 radical (unpaired) electrons. The molecular formula is C14H22N2OS. The Labute approximate surface area is 115 Å². The van der Waals surface area contributed by atoms with Gasteiger partial charge in [0.05, 0.1) is 17.3 Å². The lowest BCUT2D eigenvalue weighted by Crippen LogP contribution is -2.24. The zero-order chi connectivity index (χ0) is 13.0. The minimum atomic E-state index is 0.511. The Balaban J connectivity index is 2.22. The first-order valence-electron chi connectivity index (χ1n) is 6.73. The number of hydrogen-bond acceptors (Lipinski definition) is 4. The highest BCUT2D eigenvalue weighted by Crippen LogP contribution is 2.28. The maximum atomic E-state index is 5.49. The van der Waals surface area contributed by atoms with Crippen molar-refractivity contribution in [2.45, 2.75) is 37.8 Å². The van der Waals surface area contributed by atoms with E-state index in [1.807, 2.05) is 6.07 Å². The van der Waals surface area contributed by atoms with E-state index in [0.717, 1.165) is 44.3 Å². The van der Waals surface area contributed by atoms with Gasteiger partial charge in [0.1, 0.15) is 0 Å². The van der Waals surface area contributed by atoms with Gasteiger partial charge in [-0.05, 0) is 31.1 Å². The number of pyridine rings is 1. The van der Waals surface area contributed by atoms with Crippen molar-refractivity contribution in [1.29, 1.82) is 0 Å². The molecule has 0 bridgehead atoms. The quantitative estimate of drug-likeness (QED) is 0.830. The van der Waals surface area contributed by atoms with Gasteiger partial charge in [0.2, 0.25) is 0 Å². The summed E-state index contributed by atoms with van der Waals surface area (Å²) in [5.74, 6) is 0.511. The van der Waals surface area contributed by atoms with Crippen LogP contribution in [0.5, 0.6) is 0 Å². The third kappa shape index (κ3) is 3.25. The highest BCUT2D eigenvalue weighted by molar-refractivity contribution is 7.80. The number of hydrogen-bond donors (Lipinski definition) is 1. The zero-order valence-corrected chi connectivity index (χ0v) is 12.1. The van der Waals surface area contributed by atoms with Crippen LogP contribution in [-0.2, 0) is 11.3 Å². The second-order valence-corrected chi connectivity index (χ2v) is 5.19. The minimum Gasteiger partial charge on any atom is -0.381 e. The lowest BCUT2D eigenvalue weighted by atomic mass is 9.96. The van der Waals surface area contributed by atoms with Gasteiger partial charge in [0.15, 0.2) is 0 Å². The summed E-state index contributed by atoms with van der Waals surface area (Å²) in [6.07, 6.45) is 1.11. The van der Waals surface area contributed by atoms with Gasteiger partial charge in [-0.3, -0.25) is 4.90 Å². The van der Waals surface area contributed by atoms with Crippen LogP contribution in [0, 0.1) is 0 Å². The normalized spacial score (nSPS) is 19.7. The third-order valence-electron chi connectivity index (χ3n) is 3.63. The SMILES string of the molecule is CCN(CC)Cc1nc(S)ccc1[C@H]1CCOC1. The number of aromatic nitrogens is 1. The van der Waals surface area contributed by atoms with Crippen LogP contribution in [0.3, 0.4) is 0 Å². The Bertz CT molecular complexity index is 387. The number of ether oxygens (including phenoxy) is 1. The second-order valence-electron chi connectivity index (χ2n) is 4.73. The summed E-state index contributed by atoms with van der Waals surface area (Å²) in [6, 6.07) is 4.16. The zero-order valence-electron chi connectivity index (χ0n) is 11.2. The number of nitrogens with zero attached hydrogens (tertiary/aromatic N) is 2. The molecule has 18 heavy (non-hydrogen) atoms. The fraction of sp³-hybridized carbons (Fsp3) is 0.643. The van der Waals surface area contributed by atoms with E-state index in [4.69, 9.17) is 4.74 Å². The molecule has 1 atom stereocenters. The Morgan fingerprint density at radius 3 is 2.78 bits per heavy atom. The lowest BCUT2D eigenvalue weighted by Gasteiger charge is -2.21. The van der Waals surface area contributed by atoms with Crippen LogP contribution in [0.2, 0.25) is 0 Å². The predicted octanol–water partition coefficient (Wildman–Crippen LogP) is 2.72. The van der Waals surface area contributed by atoms with Gasteiger partial charge in [-0.1, -0.05) is 19.9 Å². The van der Waals surface area contributed by atoms with Crippen molar-refractivity contribution in [1.82, 2.24) is 9.88 Å². The monoisotopic (exact) mass is 266 g/mol. The van der Waals surface area contributed by atoms with E-state index in [-0.39, 0.29) is 0 Å². The Morgan fingerprint density at radius 1 is 1.39 bits per heavy atom. The first kappa shape index (κ1) is 13.8. The van der Waals surface area contributed by atoms with Gasteiger partial charge in [-0.2, -0.15) is 0 Å². The smallest absolute Gasteiger partial charge is 0.0933 e. The molecule has 0 amide bonds. The molecule has 1 aromatic rings. The van der Waals surface area contributed by atoms with E-state index in [1.165, 1.54) is 11.3 Å². The van der Waals surface area contributed by atoms with Crippen molar-refractivity contribution in [3.05, 3.63) is 23.4 Å². The number of rotatable bonds is 5. The molecule has 0 aromatic carbocycles. The van der Waals surface area contributed by atoms with Crippen LogP contribution in [0.1, 0.15) is 37.4 Å². The molecule has 2 rings (SSSR count). The van der Waals surface area contributed by atoms with Crippen LogP contribution in [0.15, 0.2) is 17.2 Å². The largest absolute Gasteiger partial charge is 0.381 e. The topological polar surface area (TPSA) is 25.4 Å². The maximum Gasteiger partial charge on any atom is 0.0933 e. The summed E-state index contributed by atoms with van der Waals surface area (Å²) in [7, 11) is 0. The summed E-state index contributed by atoms with van der Waals surface area (Å²) in [5.41, 5.74) is 2.51. The summed E-state index contributed by atoms with van der Waals surface area (Å²) in [5, 5.41) is 0.805. The Hall–Kier alpha value is -0.580. The van der Waals surface area contributed by atoms with Crippen molar-refractivity contribution in [3.63, 3.8) is 0 Å². The number of thiol groups is 1. The molecule has 1 saturated heterocycles. The fourth-order valence-corrected chi connectivity index (χ4v) is 2.63. The van der Waals surface area contributed by atoms with Gasteiger partial charge < -0.3 is 4.74 Å². The van der Waals surface area contributed by atoms with Gasteiger partial charge >= 0.3 is 0 Å². The molecule has 2 heterocycles. The van der Waals surface area contributed by atoms with Gasteiger partial charge in [-0.25, -0.2) is 4.98 Å². The van der Waals surface area contributed by atoms with Crippen LogP contribution in [-0.4, -0.2) is 36.2 Å². The third-order valence-corrected chi connectivity index (χ3v) is 3.88. The van der Waals surface area contributed by atoms with Gasteiger partial charge in [-0.15, -0.1) is 12.6 Å². The molecule has 0 aliphatic carbocycles. The summed E-state index contributed by atoms with van der Waals surface area (Å²) < 4.78 is 5.49. The maximum absolute atomic E-state index is 5.49. The first-order valence-corrected chi connectivity index (χ1v) is 7.18. The van der Waals surface area contributed by atoms with Gasteiger partial charge in [0, 0.05) is 19.1 Å². The average molecular weight is 266 g/mol. The highest BCUT2D eigenvalue weighted by Gasteiger charge is 2.22. The lowest BCUT2D eigenvalue weighted by molar-refractivity contribution is 0.193.